The van der Waals surface area contributed by atoms with Gasteiger partial charge in [0.25, 0.3) is 5.91 Å². The van der Waals surface area contributed by atoms with Crippen LogP contribution in [-0.2, 0) is 0 Å². The summed E-state index contributed by atoms with van der Waals surface area (Å²) < 4.78 is 5.00. The van der Waals surface area contributed by atoms with Crippen molar-refractivity contribution in [2.45, 2.75) is 6.10 Å². The van der Waals surface area contributed by atoms with Gasteiger partial charge in [-0.2, -0.15) is 0 Å². The van der Waals surface area contributed by atoms with Gasteiger partial charge in [-0.1, -0.05) is 0 Å². The number of rotatable bonds is 4. The minimum Gasteiger partial charge on any atom is -0.467 e. The van der Waals surface area contributed by atoms with Crippen LogP contribution >= 0.6 is 0 Å². The molecule has 0 fully saturated rings. The number of hydrogen-bond donors (Lipinski definition) is 3. The molecule has 94 valence electrons. The van der Waals surface area contributed by atoms with Crippen LogP contribution in [0, 0.1) is 0 Å². The molecule has 0 radical (unpaired) electrons. The van der Waals surface area contributed by atoms with Gasteiger partial charge in [0.2, 0.25) is 0 Å². The van der Waals surface area contributed by atoms with E-state index >= 15 is 0 Å². The summed E-state index contributed by atoms with van der Waals surface area (Å²) in [5, 5.41) is 12.2. The third-order valence-electron chi connectivity index (χ3n) is 2.27. The highest BCUT2D eigenvalue weighted by Crippen LogP contribution is 2.12. The van der Waals surface area contributed by atoms with E-state index in [0.29, 0.717) is 5.76 Å². The zero-order valence-corrected chi connectivity index (χ0v) is 9.41. The summed E-state index contributed by atoms with van der Waals surface area (Å²) >= 11 is 0. The van der Waals surface area contributed by atoms with E-state index in [1.807, 2.05) is 0 Å². The number of carbonyl (C=O) groups is 1. The molecule has 2 aromatic rings. The van der Waals surface area contributed by atoms with E-state index in [1.165, 1.54) is 18.7 Å². The SMILES string of the molecule is Nc1nccnc1C(=O)NCC(O)c1ccco1. The molecule has 4 N–H and O–H groups in total. The van der Waals surface area contributed by atoms with Crippen molar-refractivity contribution in [3.05, 3.63) is 42.2 Å². The van der Waals surface area contributed by atoms with Gasteiger partial charge in [-0.05, 0) is 12.1 Å². The Balaban J connectivity index is 1.95. The molecule has 18 heavy (non-hydrogen) atoms. The lowest BCUT2D eigenvalue weighted by atomic mass is 10.2. The first-order valence-corrected chi connectivity index (χ1v) is 5.24. The van der Waals surface area contributed by atoms with Gasteiger partial charge in [0.05, 0.1) is 12.8 Å². The van der Waals surface area contributed by atoms with Gasteiger partial charge < -0.3 is 20.6 Å². The predicted octanol–water partition coefficient (Wildman–Crippen LogP) is 0.115. The highest BCUT2D eigenvalue weighted by Gasteiger charge is 2.15. The molecule has 0 saturated heterocycles. The zero-order chi connectivity index (χ0) is 13.0. The highest BCUT2D eigenvalue weighted by molar-refractivity contribution is 5.96. The van der Waals surface area contributed by atoms with Crippen molar-refractivity contribution in [3.63, 3.8) is 0 Å². The summed E-state index contributed by atoms with van der Waals surface area (Å²) in [4.78, 5) is 19.3. The molecule has 0 aliphatic rings. The number of carbonyl (C=O) groups excluding carboxylic acids is 1. The van der Waals surface area contributed by atoms with E-state index in [2.05, 4.69) is 15.3 Å². The van der Waals surface area contributed by atoms with E-state index in [9.17, 15) is 9.90 Å². The van der Waals surface area contributed by atoms with Crippen LogP contribution in [0.1, 0.15) is 22.4 Å². The third-order valence-corrected chi connectivity index (χ3v) is 2.27. The maximum Gasteiger partial charge on any atom is 0.273 e. The number of nitrogens with two attached hydrogens (primary N) is 1. The lowest BCUT2D eigenvalue weighted by Gasteiger charge is -2.09. The number of hydrogen-bond acceptors (Lipinski definition) is 6. The Labute approximate surface area is 103 Å². The van der Waals surface area contributed by atoms with Gasteiger partial charge in [-0.3, -0.25) is 4.79 Å². The van der Waals surface area contributed by atoms with Gasteiger partial charge in [0.15, 0.2) is 11.5 Å². The van der Waals surface area contributed by atoms with Crippen LogP contribution in [0.4, 0.5) is 5.82 Å². The molecule has 0 saturated carbocycles. The summed E-state index contributed by atoms with van der Waals surface area (Å²) in [5.41, 5.74) is 5.54. The van der Waals surface area contributed by atoms with Gasteiger partial charge >= 0.3 is 0 Å². The van der Waals surface area contributed by atoms with Crippen molar-refractivity contribution in [1.82, 2.24) is 15.3 Å². The van der Waals surface area contributed by atoms with E-state index < -0.39 is 12.0 Å². The highest BCUT2D eigenvalue weighted by atomic mass is 16.4. The second-order valence-corrected chi connectivity index (χ2v) is 3.53. The molecule has 0 aromatic carbocycles. The van der Waals surface area contributed by atoms with Crippen LogP contribution in [0.2, 0.25) is 0 Å². The maximum absolute atomic E-state index is 11.7. The molecule has 1 atom stereocenters. The zero-order valence-electron chi connectivity index (χ0n) is 9.41. The first-order valence-electron chi connectivity index (χ1n) is 5.24. The molecule has 1 amide bonds. The average molecular weight is 248 g/mol. The van der Waals surface area contributed by atoms with Gasteiger partial charge in [-0.25, -0.2) is 9.97 Å². The molecule has 2 rings (SSSR count). The van der Waals surface area contributed by atoms with Crippen LogP contribution in [-0.4, -0.2) is 27.5 Å². The van der Waals surface area contributed by atoms with Crippen molar-refractivity contribution < 1.29 is 14.3 Å². The van der Waals surface area contributed by atoms with Crippen molar-refractivity contribution >= 4 is 11.7 Å². The van der Waals surface area contributed by atoms with Crippen molar-refractivity contribution in [2.75, 3.05) is 12.3 Å². The fourth-order valence-corrected chi connectivity index (χ4v) is 1.38. The summed E-state index contributed by atoms with van der Waals surface area (Å²) in [7, 11) is 0. The molecule has 0 spiro atoms. The Kier molecular flexibility index (Phi) is 3.54. The van der Waals surface area contributed by atoms with Crippen LogP contribution in [0.3, 0.4) is 0 Å². The fourth-order valence-electron chi connectivity index (χ4n) is 1.38. The predicted molar refractivity (Wildman–Crippen MR) is 62.4 cm³/mol. The molecule has 0 aliphatic heterocycles. The molecule has 7 heteroatoms. The monoisotopic (exact) mass is 248 g/mol. The first-order chi connectivity index (χ1) is 8.68. The van der Waals surface area contributed by atoms with Gasteiger partial charge in [0, 0.05) is 12.4 Å². The number of aromatic nitrogens is 2. The Morgan fingerprint density at radius 3 is 2.94 bits per heavy atom. The van der Waals surface area contributed by atoms with Gasteiger partial charge in [0.1, 0.15) is 11.9 Å². The normalized spacial score (nSPS) is 12.1. The van der Waals surface area contributed by atoms with E-state index in [1.54, 1.807) is 12.1 Å². The topological polar surface area (TPSA) is 114 Å². The molecule has 2 heterocycles. The lowest BCUT2D eigenvalue weighted by Crippen LogP contribution is -2.29. The smallest absolute Gasteiger partial charge is 0.273 e. The number of aliphatic hydroxyl groups is 1. The molecule has 7 nitrogen and oxygen atoms in total. The number of nitrogens with one attached hydrogen (secondary N) is 1. The lowest BCUT2D eigenvalue weighted by molar-refractivity contribution is 0.0897. The van der Waals surface area contributed by atoms with E-state index in [0.717, 1.165) is 0 Å². The summed E-state index contributed by atoms with van der Waals surface area (Å²) in [6.45, 7) is 0.00234. The third kappa shape index (κ3) is 2.64. The fraction of sp³-hybridized carbons (Fsp3) is 0.182. The number of nitrogens with zero attached hydrogens (tertiary/aromatic N) is 2. The molecular weight excluding hydrogens is 236 g/mol. The molecule has 2 aromatic heterocycles. The number of anilines is 1. The van der Waals surface area contributed by atoms with Crippen molar-refractivity contribution in [2.24, 2.45) is 0 Å². The minimum absolute atomic E-state index is 0.00234. The molecular formula is C11H12N4O3. The van der Waals surface area contributed by atoms with Crippen molar-refractivity contribution in [1.29, 1.82) is 0 Å². The van der Waals surface area contributed by atoms with Crippen LogP contribution < -0.4 is 11.1 Å². The Bertz CT molecular complexity index is 527. The molecule has 0 aliphatic carbocycles. The van der Waals surface area contributed by atoms with E-state index in [4.69, 9.17) is 10.2 Å². The summed E-state index contributed by atoms with van der Waals surface area (Å²) in [6, 6.07) is 3.27. The summed E-state index contributed by atoms with van der Waals surface area (Å²) in [5.74, 6) is -0.0730. The average Bonchev–Trinajstić information content (AvgIpc) is 2.90. The van der Waals surface area contributed by atoms with Crippen LogP contribution in [0.15, 0.2) is 35.2 Å². The first kappa shape index (κ1) is 12.1. The quantitative estimate of drug-likeness (QED) is 0.707. The largest absolute Gasteiger partial charge is 0.467 e. The molecule has 1 unspecified atom stereocenters. The van der Waals surface area contributed by atoms with Crippen LogP contribution in [0.5, 0.6) is 0 Å². The van der Waals surface area contributed by atoms with Crippen LogP contribution in [0.25, 0.3) is 0 Å². The standard InChI is InChI=1S/C11H12N4O3/c12-10-9(13-3-4-14-10)11(17)15-6-7(16)8-2-1-5-18-8/h1-5,7,16H,6H2,(H2,12,14)(H,15,17). The Morgan fingerprint density at radius 1 is 1.50 bits per heavy atom. The number of furan rings is 1. The minimum atomic E-state index is -0.915. The van der Waals surface area contributed by atoms with E-state index in [-0.39, 0.29) is 18.1 Å². The second-order valence-electron chi connectivity index (χ2n) is 3.53. The van der Waals surface area contributed by atoms with Gasteiger partial charge in [-0.15, -0.1) is 0 Å². The summed E-state index contributed by atoms with van der Waals surface area (Å²) in [6.07, 6.45) is 3.29. The second kappa shape index (κ2) is 5.28. The maximum atomic E-state index is 11.7. The Morgan fingerprint density at radius 2 is 2.28 bits per heavy atom. The number of aliphatic hydroxyl groups excluding tert-OH is 1. The Hall–Kier alpha value is -2.41. The number of nitrogen functional groups attached to an aromatic ring is 1. The number of amides is 1. The van der Waals surface area contributed by atoms with Crippen molar-refractivity contribution in [3.8, 4) is 0 Å². The molecule has 0 bridgehead atoms.